The molecule has 2 fully saturated rings. The summed E-state index contributed by atoms with van der Waals surface area (Å²) < 4.78 is 12.9. The van der Waals surface area contributed by atoms with Crippen LogP contribution in [0.15, 0.2) is 62.4 Å². The van der Waals surface area contributed by atoms with Gasteiger partial charge in [-0.15, -0.1) is 0 Å². The van der Waals surface area contributed by atoms with Gasteiger partial charge in [0.05, 0.1) is 18.0 Å². The molecule has 2 bridgehead atoms. The Morgan fingerprint density at radius 1 is 1.02 bits per heavy atom. The van der Waals surface area contributed by atoms with Crippen molar-refractivity contribution in [3.8, 4) is 0 Å². The molecule has 6 rings (SSSR count). The number of halogens is 1. The molecule has 0 aliphatic carbocycles. The van der Waals surface area contributed by atoms with Crippen molar-refractivity contribution in [3.63, 3.8) is 0 Å². The molecule has 43 heavy (non-hydrogen) atoms. The molecule has 3 aliphatic rings. The van der Waals surface area contributed by atoms with Crippen molar-refractivity contribution in [2.24, 2.45) is 5.92 Å². The van der Waals surface area contributed by atoms with E-state index in [1.54, 1.807) is 42.2 Å². The van der Waals surface area contributed by atoms with Crippen molar-refractivity contribution in [2.75, 3.05) is 43.0 Å². The minimum Gasteiger partial charge on any atom is -0.450 e. The van der Waals surface area contributed by atoms with Crippen LogP contribution in [0.4, 0.5) is 16.2 Å². The number of fused-ring (bicyclic) bond motifs is 4. The van der Waals surface area contributed by atoms with E-state index >= 15 is 0 Å². The Morgan fingerprint density at radius 3 is 2.58 bits per heavy atom. The summed E-state index contributed by atoms with van der Waals surface area (Å²) in [6.07, 6.45) is 1.92. The lowest BCUT2D eigenvalue weighted by molar-refractivity contribution is 0.0859. The molecule has 1 aromatic carbocycles. The molecule has 0 saturated carbocycles. The Labute approximate surface area is 257 Å². The quantitative estimate of drug-likeness (QED) is 0.404. The molecular formula is C31H34BrN5O6. The minimum absolute atomic E-state index is 0.0279. The number of hydrogen-bond donors (Lipinski definition) is 2. The largest absolute Gasteiger partial charge is 0.450 e. The summed E-state index contributed by atoms with van der Waals surface area (Å²) in [7, 11) is 0. The number of likely N-dealkylation sites (tertiary alicyclic amines) is 1. The second-order valence-electron chi connectivity index (χ2n) is 11.3. The lowest BCUT2D eigenvalue weighted by Gasteiger charge is -2.44. The van der Waals surface area contributed by atoms with Crippen LogP contribution < -0.4 is 21.1 Å². The number of hydrogen-bond acceptors (Lipinski definition) is 7. The summed E-state index contributed by atoms with van der Waals surface area (Å²) in [5, 5.41) is 6.06. The van der Waals surface area contributed by atoms with Crippen LogP contribution in [0.2, 0.25) is 0 Å². The number of aromatic nitrogens is 1. The second-order valence-corrected chi connectivity index (χ2v) is 12.1. The topological polar surface area (TPSA) is 126 Å². The SMILES string of the molecule is CCOC(=O)N1CCC(NC(=O)c2ccc(N3C[C@H]4C[C@@H](C3)c3cccc(=O)n3C4)c(NC(=O)c3ccc(Br)o3)c2)CC1. The number of pyridine rings is 1. The number of rotatable bonds is 6. The van der Waals surface area contributed by atoms with E-state index in [1.165, 1.54) is 0 Å². The molecular weight excluding hydrogens is 618 g/mol. The summed E-state index contributed by atoms with van der Waals surface area (Å²) in [6.45, 7) is 5.17. The maximum absolute atomic E-state index is 13.4. The molecule has 3 aromatic rings. The van der Waals surface area contributed by atoms with Crippen LogP contribution in [0.5, 0.6) is 0 Å². The molecule has 2 aromatic heterocycles. The lowest BCUT2D eigenvalue weighted by Crippen LogP contribution is -2.47. The zero-order chi connectivity index (χ0) is 30.1. The number of piperidine rings is 2. The normalized spacial score (nSPS) is 19.9. The molecule has 3 aliphatic heterocycles. The van der Waals surface area contributed by atoms with E-state index in [-0.39, 0.29) is 41.2 Å². The minimum atomic E-state index is -0.426. The van der Waals surface area contributed by atoms with E-state index in [2.05, 4.69) is 31.5 Å². The number of carbonyl (C=O) groups is 3. The van der Waals surface area contributed by atoms with Crippen molar-refractivity contribution < 1.29 is 23.5 Å². The van der Waals surface area contributed by atoms with Gasteiger partial charge in [-0.25, -0.2) is 4.79 Å². The predicted molar refractivity (Wildman–Crippen MR) is 164 cm³/mol. The third-order valence-corrected chi connectivity index (χ3v) is 8.91. The van der Waals surface area contributed by atoms with Gasteiger partial charge in [0.2, 0.25) is 0 Å². The van der Waals surface area contributed by atoms with E-state index in [0.29, 0.717) is 61.5 Å². The highest BCUT2D eigenvalue weighted by molar-refractivity contribution is 9.10. The highest BCUT2D eigenvalue weighted by atomic mass is 79.9. The van der Waals surface area contributed by atoms with E-state index < -0.39 is 5.91 Å². The van der Waals surface area contributed by atoms with Gasteiger partial charge in [-0.1, -0.05) is 6.07 Å². The van der Waals surface area contributed by atoms with E-state index in [4.69, 9.17) is 9.15 Å². The molecule has 3 amide bonds. The highest BCUT2D eigenvalue weighted by Gasteiger charge is 2.35. The summed E-state index contributed by atoms with van der Waals surface area (Å²) >= 11 is 3.25. The number of nitrogens with zero attached hydrogens (tertiary/aromatic N) is 3. The molecule has 0 spiro atoms. The molecule has 11 nitrogen and oxygen atoms in total. The fourth-order valence-electron chi connectivity index (χ4n) is 6.46. The van der Waals surface area contributed by atoms with Crippen molar-refractivity contribution in [1.29, 1.82) is 0 Å². The van der Waals surface area contributed by atoms with Crippen LogP contribution in [0.3, 0.4) is 0 Å². The van der Waals surface area contributed by atoms with Crippen LogP contribution >= 0.6 is 15.9 Å². The Morgan fingerprint density at radius 2 is 1.84 bits per heavy atom. The average Bonchev–Trinajstić information content (AvgIpc) is 3.44. The van der Waals surface area contributed by atoms with E-state index in [0.717, 1.165) is 24.3 Å². The number of nitrogens with one attached hydrogen (secondary N) is 2. The van der Waals surface area contributed by atoms with Gasteiger partial charge in [-0.05, 0) is 84.4 Å². The van der Waals surface area contributed by atoms with Crippen molar-refractivity contribution in [1.82, 2.24) is 14.8 Å². The first kappa shape index (κ1) is 29.0. The first-order valence-corrected chi connectivity index (χ1v) is 15.5. The van der Waals surface area contributed by atoms with Crippen LogP contribution in [0.25, 0.3) is 0 Å². The zero-order valence-electron chi connectivity index (χ0n) is 23.9. The Hall–Kier alpha value is -4.06. The number of benzene rings is 1. The van der Waals surface area contributed by atoms with Crippen molar-refractivity contribution in [2.45, 2.75) is 44.7 Å². The summed E-state index contributed by atoms with van der Waals surface area (Å²) in [6, 6.07) is 14.0. The second kappa shape index (κ2) is 12.3. The zero-order valence-corrected chi connectivity index (χ0v) is 25.5. The van der Waals surface area contributed by atoms with Crippen molar-refractivity contribution in [3.05, 3.63) is 80.6 Å². The fourth-order valence-corrected chi connectivity index (χ4v) is 6.76. The number of anilines is 2. The first-order chi connectivity index (χ1) is 20.8. The molecule has 5 heterocycles. The summed E-state index contributed by atoms with van der Waals surface area (Å²) in [5.74, 6) is -0.0789. The van der Waals surface area contributed by atoms with Gasteiger partial charge >= 0.3 is 6.09 Å². The Kier molecular flexibility index (Phi) is 8.29. The Balaban J connectivity index is 1.22. The van der Waals surface area contributed by atoms with Crippen molar-refractivity contribution >= 4 is 45.2 Å². The third kappa shape index (κ3) is 6.20. The predicted octanol–water partition coefficient (Wildman–Crippen LogP) is 4.43. The first-order valence-electron chi connectivity index (χ1n) is 14.7. The number of furan rings is 1. The van der Waals surface area contributed by atoms with Gasteiger partial charge in [-0.3, -0.25) is 14.4 Å². The van der Waals surface area contributed by atoms with Crippen LogP contribution in [0, 0.1) is 5.92 Å². The maximum atomic E-state index is 13.4. The molecule has 12 heteroatoms. The molecule has 226 valence electrons. The van der Waals surface area contributed by atoms with Crippen LogP contribution in [0.1, 0.15) is 58.7 Å². The fraction of sp³-hybridized carbons (Fsp3) is 0.419. The Bertz CT molecular complexity index is 1590. The van der Waals surface area contributed by atoms with E-state index in [9.17, 15) is 19.2 Å². The van der Waals surface area contributed by atoms with Gasteiger partial charge in [0, 0.05) is 62.0 Å². The van der Waals surface area contributed by atoms with Gasteiger partial charge in [0.1, 0.15) is 0 Å². The van der Waals surface area contributed by atoms with Crippen LogP contribution in [-0.2, 0) is 11.3 Å². The summed E-state index contributed by atoms with van der Waals surface area (Å²) in [5.41, 5.74) is 2.79. The van der Waals surface area contributed by atoms with Crippen LogP contribution in [-0.4, -0.2) is 66.2 Å². The lowest BCUT2D eigenvalue weighted by atomic mass is 9.83. The molecule has 2 atom stereocenters. The van der Waals surface area contributed by atoms with Gasteiger partial charge in [0.25, 0.3) is 17.4 Å². The number of ether oxygens (including phenoxy) is 1. The average molecular weight is 653 g/mol. The smallest absolute Gasteiger partial charge is 0.409 e. The monoisotopic (exact) mass is 651 g/mol. The molecule has 2 saturated heterocycles. The van der Waals surface area contributed by atoms with Gasteiger partial charge in [0.15, 0.2) is 10.4 Å². The molecule has 0 unspecified atom stereocenters. The third-order valence-electron chi connectivity index (χ3n) is 8.48. The number of carbonyl (C=O) groups excluding carboxylic acids is 3. The number of amides is 3. The molecule has 0 radical (unpaired) electrons. The summed E-state index contributed by atoms with van der Waals surface area (Å²) in [4.78, 5) is 55.0. The van der Waals surface area contributed by atoms with Gasteiger partial charge < -0.3 is 34.2 Å². The van der Waals surface area contributed by atoms with Gasteiger partial charge in [-0.2, -0.15) is 0 Å². The van der Waals surface area contributed by atoms with E-state index in [1.807, 2.05) is 22.8 Å². The molecule has 2 N–H and O–H groups in total. The highest BCUT2D eigenvalue weighted by Crippen LogP contribution is 2.39. The maximum Gasteiger partial charge on any atom is 0.409 e. The standard InChI is InChI=1S/C31H34BrN5O6/c1-2-42-31(41)35-12-10-22(11-13-35)33-29(39)20-6-7-25(23(15-20)34-30(40)26-8-9-27(32)43-26)36-16-19-14-21(18-36)24-4-3-5-28(38)37(24)17-19/h3-9,15,19,21-22H,2,10-14,16-18H2,1H3,(H,33,39)(H,34,40)/t19-,21+/m1/s1.